The van der Waals surface area contributed by atoms with E-state index in [1.807, 2.05) is 13.0 Å². The Morgan fingerprint density at radius 1 is 1.50 bits per heavy atom. The molecule has 1 aliphatic heterocycles. The molecule has 1 saturated heterocycles. The minimum absolute atomic E-state index is 0.0229. The minimum Gasteiger partial charge on any atom is -0.458 e. The van der Waals surface area contributed by atoms with E-state index in [0.29, 0.717) is 12.0 Å². The molecule has 0 aromatic rings. The van der Waals surface area contributed by atoms with E-state index in [0.717, 1.165) is 24.0 Å². The number of aliphatic hydroxyl groups is 1. The van der Waals surface area contributed by atoms with Crippen molar-refractivity contribution in [3.8, 4) is 0 Å². The minimum atomic E-state index is -0.936. The van der Waals surface area contributed by atoms with E-state index in [9.17, 15) is 9.90 Å². The van der Waals surface area contributed by atoms with E-state index in [2.05, 4.69) is 13.2 Å². The molecule has 3 aliphatic rings. The molecule has 1 N–H and O–H groups in total. The smallest absolute Gasteiger partial charge is 0.334 e. The van der Waals surface area contributed by atoms with E-state index < -0.39 is 5.60 Å². The van der Waals surface area contributed by atoms with E-state index in [4.69, 9.17) is 4.74 Å². The standard InChI is InChI=1S/C15H18O3/c1-8-6-7-15(17)9(2)4-5-11-10(3)14(16)18-13(11)12(8)15/h6,11-13,17H,2-5,7H2,1H3/t11-,12+,13-,15+/m0/s1. The molecule has 96 valence electrons. The number of esters is 1. The number of hydrogen-bond acceptors (Lipinski definition) is 3. The van der Waals surface area contributed by atoms with Crippen molar-refractivity contribution in [3.05, 3.63) is 36.0 Å². The van der Waals surface area contributed by atoms with Crippen LogP contribution in [0.4, 0.5) is 0 Å². The maximum absolute atomic E-state index is 11.7. The van der Waals surface area contributed by atoms with Crippen molar-refractivity contribution in [1.29, 1.82) is 0 Å². The van der Waals surface area contributed by atoms with Crippen molar-refractivity contribution >= 4 is 5.97 Å². The van der Waals surface area contributed by atoms with E-state index in [-0.39, 0.29) is 23.9 Å². The van der Waals surface area contributed by atoms with Gasteiger partial charge >= 0.3 is 5.97 Å². The average molecular weight is 246 g/mol. The first-order valence-corrected chi connectivity index (χ1v) is 6.42. The molecule has 0 radical (unpaired) electrons. The van der Waals surface area contributed by atoms with Crippen LogP contribution in [0, 0.1) is 11.8 Å². The summed E-state index contributed by atoms with van der Waals surface area (Å²) in [6.45, 7) is 9.88. The summed E-state index contributed by atoms with van der Waals surface area (Å²) in [6.07, 6.45) is 3.86. The van der Waals surface area contributed by atoms with Gasteiger partial charge in [0, 0.05) is 11.5 Å². The number of carbonyl (C=O) groups excluding carboxylic acids is 1. The third-order valence-corrected chi connectivity index (χ3v) is 4.79. The Kier molecular flexibility index (Phi) is 2.33. The molecule has 0 bridgehead atoms. The summed E-state index contributed by atoms with van der Waals surface area (Å²) in [4.78, 5) is 11.7. The molecule has 0 aromatic carbocycles. The Morgan fingerprint density at radius 2 is 2.22 bits per heavy atom. The van der Waals surface area contributed by atoms with E-state index >= 15 is 0 Å². The molecular formula is C15H18O3. The summed E-state index contributed by atoms with van der Waals surface area (Å²) in [5, 5.41) is 10.9. The third kappa shape index (κ3) is 1.31. The summed E-state index contributed by atoms with van der Waals surface area (Å²) in [7, 11) is 0. The summed E-state index contributed by atoms with van der Waals surface area (Å²) in [5.41, 5.74) is 1.57. The zero-order valence-electron chi connectivity index (χ0n) is 10.6. The summed E-state index contributed by atoms with van der Waals surface area (Å²) in [5.74, 6) is -0.435. The zero-order valence-corrected chi connectivity index (χ0v) is 10.6. The molecular weight excluding hydrogens is 228 g/mol. The highest BCUT2D eigenvalue weighted by molar-refractivity contribution is 5.91. The van der Waals surface area contributed by atoms with E-state index in [1.54, 1.807) is 0 Å². The number of carbonyl (C=O) groups is 1. The van der Waals surface area contributed by atoms with Gasteiger partial charge in [0.05, 0.1) is 11.5 Å². The molecule has 3 rings (SSSR count). The third-order valence-electron chi connectivity index (χ3n) is 4.79. The maximum Gasteiger partial charge on any atom is 0.334 e. The van der Waals surface area contributed by atoms with Crippen LogP contribution in [0.1, 0.15) is 26.2 Å². The SMILES string of the molecule is C=C1C(=O)O[C@@H]2[C@H]3C(C)=CC[C@@]3(O)C(=C)CC[C@@H]12. The Morgan fingerprint density at radius 3 is 2.94 bits per heavy atom. The monoisotopic (exact) mass is 246 g/mol. The second-order valence-corrected chi connectivity index (χ2v) is 5.70. The van der Waals surface area contributed by atoms with Gasteiger partial charge in [0.2, 0.25) is 0 Å². The van der Waals surface area contributed by atoms with Gasteiger partial charge in [0.1, 0.15) is 6.10 Å². The zero-order chi connectivity index (χ0) is 13.1. The topological polar surface area (TPSA) is 46.5 Å². The average Bonchev–Trinajstić information content (AvgIpc) is 2.73. The van der Waals surface area contributed by atoms with Crippen molar-refractivity contribution < 1.29 is 14.6 Å². The Bertz CT molecular complexity index is 488. The van der Waals surface area contributed by atoms with Gasteiger partial charge in [-0.15, -0.1) is 0 Å². The van der Waals surface area contributed by atoms with Crippen molar-refractivity contribution in [2.24, 2.45) is 11.8 Å². The molecule has 0 spiro atoms. The van der Waals surface area contributed by atoms with Crippen LogP contribution in [-0.2, 0) is 9.53 Å². The van der Waals surface area contributed by atoms with Crippen LogP contribution in [0.3, 0.4) is 0 Å². The van der Waals surface area contributed by atoms with Gasteiger partial charge in [-0.25, -0.2) is 4.79 Å². The number of rotatable bonds is 0. The van der Waals surface area contributed by atoms with Gasteiger partial charge in [-0.2, -0.15) is 0 Å². The molecule has 3 heteroatoms. The van der Waals surface area contributed by atoms with E-state index in [1.165, 1.54) is 0 Å². The molecule has 0 unspecified atom stereocenters. The van der Waals surface area contributed by atoms with Crippen LogP contribution in [0.15, 0.2) is 36.0 Å². The number of hydrogen-bond donors (Lipinski definition) is 1. The lowest BCUT2D eigenvalue weighted by Crippen LogP contribution is -2.43. The molecule has 0 aromatic heterocycles. The molecule has 4 atom stereocenters. The molecule has 2 fully saturated rings. The highest BCUT2D eigenvalue weighted by Crippen LogP contribution is 2.52. The highest BCUT2D eigenvalue weighted by atomic mass is 16.6. The lowest BCUT2D eigenvalue weighted by Gasteiger charge is -2.35. The first-order chi connectivity index (χ1) is 8.45. The van der Waals surface area contributed by atoms with Crippen LogP contribution < -0.4 is 0 Å². The van der Waals surface area contributed by atoms with Gasteiger partial charge in [0.15, 0.2) is 0 Å². The van der Waals surface area contributed by atoms with Gasteiger partial charge in [0.25, 0.3) is 0 Å². The van der Waals surface area contributed by atoms with Crippen molar-refractivity contribution in [2.45, 2.75) is 37.9 Å². The second kappa shape index (κ2) is 3.58. The molecule has 3 nitrogen and oxygen atoms in total. The fourth-order valence-corrected chi connectivity index (χ4v) is 3.66. The fraction of sp³-hybridized carbons (Fsp3) is 0.533. The maximum atomic E-state index is 11.7. The number of fused-ring (bicyclic) bond motifs is 3. The first-order valence-electron chi connectivity index (χ1n) is 6.42. The predicted octanol–water partition coefficient (Wildman–Crippen LogP) is 2.13. The van der Waals surface area contributed by atoms with Crippen LogP contribution in [0.25, 0.3) is 0 Å². The lowest BCUT2D eigenvalue weighted by molar-refractivity contribution is -0.143. The predicted molar refractivity (Wildman–Crippen MR) is 67.7 cm³/mol. The quantitative estimate of drug-likeness (QED) is 0.404. The Balaban J connectivity index is 2.07. The highest BCUT2D eigenvalue weighted by Gasteiger charge is 2.56. The van der Waals surface area contributed by atoms with Crippen LogP contribution in [0.2, 0.25) is 0 Å². The molecule has 1 saturated carbocycles. The van der Waals surface area contributed by atoms with Crippen molar-refractivity contribution in [2.75, 3.05) is 0 Å². The van der Waals surface area contributed by atoms with Gasteiger partial charge in [-0.3, -0.25) is 0 Å². The van der Waals surface area contributed by atoms with Crippen molar-refractivity contribution in [1.82, 2.24) is 0 Å². The van der Waals surface area contributed by atoms with Crippen LogP contribution >= 0.6 is 0 Å². The first kappa shape index (κ1) is 11.7. The summed E-state index contributed by atoms with van der Waals surface area (Å²) in [6, 6.07) is 0. The van der Waals surface area contributed by atoms with Crippen LogP contribution in [-0.4, -0.2) is 22.8 Å². The normalized spacial score (nSPS) is 43.1. The second-order valence-electron chi connectivity index (χ2n) is 5.70. The lowest BCUT2D eigenvalue weighted by atomic mass is 9.77. The fourth-order valence-electron chi connectivity index (χ4n) is 3.66. The largest absolute Gasteiger partial charge is 0.458 e. The molecule has 1 heterocycles. The van der Waals surface area contributed by atoms with Crippen LogP contribution in [0.5, 0.6) is 0 Å². The molecule has 0 amide bonds. The Labute approximate surface area is 107 Å². The van der Waals surface area contributed by atoms with Gasteiger partial charge < -0.3 is 9.84 Å². The molecule has 18 heavy (non-hydrogen) atoms. The summed E-state index contributed by atoms with van der Waals surface area (Å²) >= 11 is 0. The Hall–Kier alpha value is -1.35. The molecule has 2 aliphatic carbocycles. The van der Waals surface area contributed by atoms with Crippen molar-refractivity contribution in [3.63, 3.8) is 0 Å². The summed E-state index contributed by atoms with van der Waals surface area (Å²) < 4.78 is 5.47. The van der Waals surface area contributed by atoms with Gasteiger partial charge in [-0.1, -0.05) is 24.8 Å². The number of ether oxygens (including phenoxy) is 1. The van der Waals surface area contributed by atoms with Gasteiger partial charge in [-0.05, 0) is 31.8 Å².